The van der Waals surface area contributed by atoms with Crippen LogP contribution in [0.1, 0.15) is 10.4 Å². The lowest BCUT2D eigenvalue weighted by molar-refractivity contribution is -0.113. The van der Waals surface area contributed by atoms with Gasteiger partial charge in [-0.2, -0.15) is 0 Å². The van der Waals surface area contributed by atoms with Gasteiger partial charge in [0.25, 0.3) is 5.91 Å². The number of thioether (sulfide) groups is 1. The van der Waals surface area contributed by atoms with Gasteiger partial charge in [0.05, 0.1) is 17.6 Å². The maximum absolute atomic E-state index is 12.6. The average Bonchev–Trinajstić information content (AvgIpc) is 3.27. The molecule has 0 spiro atoms. The third-order valence-electron chi connectivity index (χ3n) is 4.78. The Morgan fingerprint density at radius 3 is 2.38 bits per heavy atom. The van der Waals surface area contributed by atoms with E-state index in [9.17, 15) is 9.59 Å². The summed E-state index contributed by atoms with van der Waals surface area (Å²) in [5.41, 5.74) is 4.05. The largest absolute Gasteiger partial charge is 0.355 e. The van der Waals surface area contributed by atoms with Gasteiger partial charge < -0.3 is 10.6 Å². The summed E-state index contributed by atoms with van der Waals surface area (Å²) in [6.07, 6.45) is 1.83. The van der Waals surface area contributed by atoms with Gasteiger partial charge in [0, 0.05) is 29.5 Å². The molecule has 32 heavy (non-hydrogen) atoms. The van der Waals surface area contributed by atoms with Gasteiger partial charge in [-0.3, -0.25) is 14.2 Å². The Kier molecular flexibility index (Phi) is 6.67. The fourth-order valence-electron chi connectivity index (χ4n) is 3.29. The molecule has 2 N–H and O–H groups in total. The summed E-state index contributed by atoms with van der Waals surface area (Å²) in [6, 6.07) is 26.8. The minimum atomic E-state index is -0.200. The second-order valence-corrected chi connectivity index (χ2v) is 7.90. The van der Waals surface area contributed by atoms with Crippen molar-refractivity contribution < 1.29 is 9.59 Å². The number of anilines is 1. The van der Waals surface area contributed by atoms with Crippen molar-refractivity contribution in [1.82, 2.24) is 14.9 Å². The van der Waals surface area contributed by atoms with Crippen LogP contribution in [0.3, 0.4) is 0 Å². The maximum Gasteiger partial charge on any atom is 0.251 e. The van der Waals surface area contributed by atoms with Crippen molar-refractivity contribution >= 4 is 29.3 Å². The number of nitrogens with one attached hydrogen (secondary N) is 2. The first kappa shape index (κ1) is 21.4. The summed E-state index contributed by atoms with van der Waals surface area (Å²) in [6.45, 7) is 0. The summed E-state index contributed by atoms with van der Waals surface area (Å²) in [7, 11) is 1.57. The first-order chi connectivity index (χ1) is 15.7. The molecule has 0 atom stereocenters. The molecule has 4 rings (SSSR count). The molecule has 0 saturated carbocycles. The Labute approximate surface area is 190 Å². The standard InChI is InChI=1S/C25H22N4O2S/c1-26-24(31)19-11-8-12-20(15-19)28-23(30)17-32-25-27-16-22(18-9-4-2-5-10-18)29(25)21-13-6-3-7-14-21/h2-16H,17H2,1H3,(H,26,31)(H,28,30). The molecular formula is C25H22N4O2S. The van der Waals surface area contributed by atoms with Crippen LogP contribution in [0.2, 0.25) is 0 Å². The number of aromatic nitrogens is 2. The number of rotatable bonds is 7. The topological polar surface area (TPSA) is 76.0 Å². The molecule has 7 heteroatoms. The molecule has 2 amide bonds. The maximum atomic E-state index is 12.6. The monoisotopic (exact) mass is 442 g/mol. The van der Waals surface area contributed by atoms with Crippen molar-refractivity contribution in [1.29, 1.82) is 0 Å². The van der Waals surface area contributed by atoms with E-state index < -0.39 is 0 Å². The highest BCUT2D eigenvalue weighted by Gasteiger charge is 2.15. The average molecular weight is 443 g/mol. The molecule has 0 bridgehead atoms. The molecule has 0 fully saturated rings. The zero-order chi connectivity index (χ0) is 22.3. The number of imidazole rings is 1. The van der Waals surface area contributed by atoms with E-state index in [1.807, 2.05) is 66.9 Å². The molecule has 0 unspecified atom stereocenters. The minimum Gasteiger partial charge on any atom is -0.355 e. The lowest BCUT2D eigenvalue weighted by atomic mass is 10.1. The molecule has 4 aromatic rings. The number of amides is 2. The van der Waals surface area contributed by atoms with Gasteiger partial charge >= 0.3 is 0 Å². The van der Waals surface area contributed by atoms with Crippen LogP contribution in [-0.2, 0) is 4.79 Å². The van der Waals surface area contributed by atoms with Gasteiger partial charge in [-0.05, 0) is 30.3 Å². The van der Waals surface area contributed by atoms with Crippen molar-refractivity contribution in [3.05, 3.63) is 96.7 Å². The van der Waals surface area contributed by atoms with Crippen molar-refractivity contribution in [3.63, 3.8) is 0 Å². The normalized spacial score (nSPS) is 10.5. The third-order valence-corrected chi connectivity index (χ3v) is 5.73. The van der Waals surface area contributed by atoms with Crippen LogP contribution >= 0.6 is 11.8 Å². The molecule has 6 nitrogen and oxygen atoms in total. The van der Waals surface area contributed by atoms with E-state index in [4.69, 9.17) is 0 Å². The Morgan fingerprint density at radius 1 is 0.938 bits per heavy atom. The predicted molar refractivity (Wildman–Crippen MR) is 128 cm³/mol. The van der Waals surface area contributed by atoms with Crippen LogP contribution in [0.15, 0.2) is 96.3 Å². The zero-order valence-corrected chi connectivity index (χ0v) is 18.3. The first-order valence-corrected chi connectivity index (χ1v) is 11.1. The number of para-hydroxylation sites is 1. The first-order valence-electron chi connectivity index (χ1n) is 10.1. The molecule has 0 aliphatic rings. The Hall–Kier alpha value is -3.84. The van der Waals surface area contributed by atoms with Gasteiger partial charge in [-0.15, -0.1) is 0 Å². The van der Waals surface area contributed by atoms with Crippen LogP contribution in [0.4, 0.5) is 5.69 Å². The van der Waals surface area contributed by atoms with E-state index in [2.05, 4.69) is 20.2 Å². The van der Waals surface area contributed by atoms with E-state index in [0.717, 1.165) is 22.1 Å². The van der Waals surface area contributed by atoms with Gasteiger partial charge in [0.2, 0.25) is 5.91 Å². The number of hydrogen-bond donors (Lipinski definition) is 2. The number of nitrogens with zero attached hydrogens (tertiary/aromatic N) is 2. The Bertz CT molecular complexity index is 1220. The number of benzene rings is 3. The lowest BCUT2D eigenvalue weighted by Gasteiger charge is -2.12. The molecule has 0 saturated heterocycles. The molecule has 0 aliphatic heterocycles. The fraction of sp³-hybridized carbons (Fsp3) is 0.0800. The zero-order valence-electron chi connectivity index (χ0n) is 17.5. The van der Waals surface area contributed by atoms with E-state index in [1.165, 1.54) is 11.8 Å². The molecule has 160 valence electrons. The van der Waals surface area contributed by atoms with Crippen LogP contribution in [0.25, 0.3) is 16.9 Å². The second-order valence-electron chi connectivity index (χ2n) is 6.96. The molecule has 0 aliphatic carbocycles. The van der Waals surface area contributed by atoms with E-state index in [-0.39, 0.29) is 17.6 Å². The van der Waals surface area contributed by atoms with Crippen molar-refractivity contribution in [2.75, 3.05) is 18.1 Å². The summed E-state index contributed by atoms with van der Waals surface area (Å²) >= 11 is 1.36. The predicted octanol–water partition coefficient (Wildman–Crippen LogP) is 4.63. The quantitative estimate of drug-likeness (QED) is 0.409. The van der Waals surface area contributed by atoms with Crippen LogP contribution in [-0.4, -0.2) is 34.2 Å². The van der Waals surface area contributed by atoms with Crippen molar-refractivity contribution in [3.8, 4) is 16.9 Å². The summed E-state index contributed by atoms with van der Waals surface area (Å²) in [5, 5.41) is 6.16. The number of carbonyl (C=O) groups is 2. The number of carbonyl (C=O) groups excluding carboxylic acids is 2. The highest BCUT2D eigenvalue weighted by atomic mass is 32.2. The minimum absolute atomic E-state index is 0.173. The fourth-order valence-corrected chi connectivity index (χ4v) is 4.08. The van der Waals surface area contributed by atoms with E-state index >= 15 is 0 Å². The molecule has 3 aromatic carbocycles. The van der Waals surface area contributed by atoms with Gasteiger partial charge in [0.1, 0.15) is 0 Å². The van der Waals surface area contributed by atoms with Gasteiger partial charge in [0.15, 0.2) is 5.16 Å². The second kappa shape index (κ2) is 9.98. The van der Waals surface area contributed by atoms with E-state index in [1.54, 1.807) is 31.3 Å². The summed E-state index contributed by atoms with van der Waals surface area (Å²) in [4.78, 5) is 29.0. The Balaban J connectivity index is 1.53. The highest BCUT2D eigenvalue weighted by Crippen LogP contribution is 2.29. The van der Waals surface area contributed by atoms with Crippen LogP contribution in [0.5, 0.6) is 0 Å². The van der Waals surface area contributed by atoms with Crippen LogP contribution in [0, 0.1) is 0 Å². The summed E-state index contributed by atoms with van der Waals surface area (Å²) in [5.74, 6) is -0.191. The smallest absolute Gasteiger partial charge is 0.251 e. The van der Waals surface area contributed by atoms with Crippen molar-refractivity contribution in [2.24, 2.45) is 0 Å². The highest BCUT2D eigenvalue weighted by molar-refractivity contribution is 7.99. The molecule has 0 radical (unpaired) electrons. The molecule has 1 aromatic heterocycles. The van der Waals surface area contributed by atoms with Gasteiger partial charge in [-0.1, -0.05) is 66.4 Å². The van der Waals surface area contributed by atoms with Crippen LogP contribution < -0.4 is 10.6 Å². The van der Waals surface area contributed by atoms with Crippen molar-refractivity contribution in [2.45, 2.75) is 5.16 Å². The lowest BCUT2D eigenvalue weighted by Crippen LogP contribution is -2.19. The number of hydrogen-bond acceptors (Lipinski definition) is 4. The summed E-state index contributed by atoms with van der Waals surface area (Å²) < 4.78 is 2.06. The Morgan fingerprint density at radius 2 is 1.66 bits per heavy atom. The molecule has 1 heterocycles. The van der Waals surface area contributed by atoms with Gasteiger partial charge in [-0.25, -0.2) is 4.98 Å². The third kappa shape index (κ3) is 4.90. The SMILES string of the molecule is CNC(=O)c1cccc(NC(=O)CSc2ncc(-c3ccccc3)n2-c2ccccc2)c1. The molecular weight excluding hydrogens is 420 g/mol. The van der Waals surface area contributed by atoms with E-state index in [0.29, 0.717) is 11.3 Å².